The van der Waals surface area contributed by atoms with Gasteiger partial charge in [-0.3, -0.25) is 4.79 Å². The molecular weight excluding hydrogens is 432 g/mol. The van der Waals surface area contributed by atoms with Gasteiger partial charge in [0, 0.05) is 12.5 Å². The summed E-state index contributed by atoms with van der Waals surface area (Å²) in [6, 6.07) is 12.1. The van der Waals surface area contributed by atoms with E-state index in [9.17, 15) is 13.2 Å². The molecule has 0 aliphatic rings. The van der Waals surface area contributed by atoms with Gasteiger partial charge in [0.25, 0.3) is 0 Å². The van der Waals surface area contributed by atoms with Crippen LogP contribution in [0.25, 0.3) is 12.2 Å². The lowest BCUT2D eigenvalue weighted by Crippen LogP contribution is -2.06. The summed E-state index contributed by atoms with van der Waals surface area (Å²) < 4.78 is 38.3. The van der Waals surface area contributed by atoms with Crippen LogP contribution in [-0.4, -0.2) is 33.0 Å². The van der Waals surface area contributed by atoms with Gasteiger partial charge >= 0.3 is 10.1 Å². The van der Waals surface area contributed by atoms with Crippen LogP contribution in [-0.2, 0) is 14.9 Å². The highest BCUT2D eigenvalue weighted by Gasteiger charge is 2.12. The van der Waals surface area contributed by atoms with E-state index in [1.807, 2.05) is 30.5 Å². The third kappa shape index (κ3) is 8.26. The lowest BCUT2D eigenvalue weighted by Gasteiger charge is -2.09. The first-order valence-electron chi connectivity index (χ1n) is 8.26. The van der Waals surface area contributed by atoms with Gasteiger partial charge in [0.2, 0.25) is 0 Å². The molecule has 0 saturated heterocycles. The third-order valence-corrected chi connectivity index (χ3v) is 4.49. The lowest BCUT2D eigenvalue weighted by molar-refractivity contribution is -0.110. The zero-order chi connectivity index (χ0) is 21.3. The van der Waals surface area contributed by atoms with Crippen LogP contribution < -0.4 is 12.5 Å². The zero-order valence-electron chi connectivity index (χ0n) is 16.0. The first kappa shape index (κ1) is 22.9. The predicted molar refractivity (Wildman–Crippen MR) is 120 cm³/mol. The van der Waals surface area contributed by atoms with Crippen molar-refractivity contribution >= 4 is 52.1 Å². The molecule has 0 saturated carbocycles. The van der Waals surface area contributed by atoms with E-state index >= 15 is 0 Å². The fourth-order valence-corrected chi connectivity index (χ4v) is 3.26. The molecule has 0 atom stereocenters. The quantitative estimate of drug-likeness (QED) is 0.293. The van der Waals surface area contributed by atoms with Gasteiger partial charge in [-0.2, -0.15) is 8.42 Å². The van der Waals surface area contributed by atoms with Crippen LogP contribution in [0.4, 0.5) is 0 Å². The standard InChI is InChI=1S/C20H20O6S3/c1-27-24-18-6-4-5-15(13-18)7-10-17(21)11-8-16-9-12-19(26-29(3,22)23)20(14-16)25-28-2/h4-14H,1-3H3/b10-7+,11-8+. The van der Waals surface area contributed by atoms with Crippen LogP contribution in [0.1, 0.15) is 11.1 Å². The molecule has 0 amide bonds. The van der Waals surface area contributed by atoms with Crippen molar-refractivity contribution in [2.45, 2.75) is 0 Å². The Hall–Kier alpha value is -2.36. The molecule has 0 aliphatic heterocycles. The van der Waals surface area contributed by atoms with Crippen LogP contribution in [0, 0.1) is 0 Å². The smallest absolute Gasteiger partial charge is 0.306 e. The largest absolute Gasteiger partial charge is 0.426 e. The van der Waals surface area contributed by atoms with Crippen molar-refractivity contribution in [1.82, 2.24) is 0 Å². The van der Waals surface area contributed by atoms with E-state index in [2.05, 4.69) is 0 Å². The molecule has 0 fully saturated rings. The minimum absolute atomic E-state index is 0.0811. The Labute approximate surface area is 179 Å². The third-order valence-electron chi connectivity index (χ3n) is 3.30. The Balaban J connectivity index is 2.10. The minimum Gasteiger partial charge on any atom is -0.426 e. The molecule has 0 radical (unpaired) electrons. The molecule has 2 aromatic carbocycles. The number of benzene rings is 2. The molecule has 0 N–H and O–H groups in total. The molecule has 0 bridgehead atoms. The van der Waals surface area contributed by atoms with E-state index in [1.54, 1.807) is 30.5 Å². The van der Waals surface area contributed by atoms with Crippen molar-refractivity contribution in [2.75, 3.05) is 18.8 Å². The average molecular weight is 453 g/mol. The number of allylic oxidation sites excluding steroid dienone is 2. The molecule has 0 heterocycles. The van der Waals surface area contributed by atoms with Gasteiger partial charge in [0.1, 0.15) is 5.75 Å². The normalized spacial score (nSPS) is 11.7. The molecule has 9 heteroatoms. The van der Waals surface area contributed by atoms with Gasteiger partial charge in [-0.05, 0) is 47.5 Å². The Kier molecular flexibility index (Phi) is 8.69. The topological polar surface area (TPSA) is 78.9 Å². The fraction of sp³-hybridized carbons (Fsp3) is 0.150. The summed E-state index contributed by atoms with van der Waals surface area (Å²) in [4.78, 5) is 12.1. The summed E-state index contributed by atoms with van der Waals surface area (Å²) in [5.41, 5.74) is 1.50. The van der Waals surface area contributed by atoms with Gasteiger partial charge < -0.3 is 12.5 Å². The van der Waals surface area contributed by atoms with E-state index in [4.69, 9.17) is 12.5 Å². The van der Waals surface area contributed by atoms with Crippen LogP contribution in [0.3, 0.4) is 0 Å². The molecule has 0 aromatic heterocycles. The van der Waals surface area contributed by atoms with Crippen molar-refractivity contribution in [3.63, 3.8) is 0 Å². The second-order valence-corrected chi connectivity index (χ2v) is 8.21. The van der Waals surface area contributed by atoms with Crippen molar-refractivity contribution in [3.05, 3.63) is 65.7 Å². The van der Waals surface area contributed by atoms with Gasteiger partial charge in [0.15, 0.2) is 17.3 Å². The van der Waals surface area contributed by atoms with Crippen molar-refractivity contribution in [3.8, 4) is 17.2 Å². The Bertz CT molecular complexity index is 1010. The van der Waals surface area contributed by atoms with E-state index in [0.29, 0.717) is 11.3 Å². The van der Waals surface area contributed by atoms with Gasteiger partial charge in [-0.15, -0.1) is 0 Å². The average Bonchev–Trinajstić information content (AvgIpc) is 2.66. The first-order valence-corrected chi connectivity index (χ1v) is 12.4. The number of hydrogen-bond acceptors (Lipinski definition) is 8. The summed E-state index contributed by atoms with van der Waals surface area (Å²) in [5, 5.41) is 0. The summed E-state index contributed by atoms with van der Waals surface area (Å²) in [6.45, 7) is 0. The molecule has 6 nitrogen and oxygen atoms in total. The number of hydrogen-bond donors (Lipinski definition) is 0. The zero-order valence-corrected chi connectivity index (χ0v) is 18.5. The second kappa shape index (κ2) is 11.0. The molecular formula is C20H20O6S3. The highest BCUT2D eigenvalue weighted by molar-refractivity contribution is 7.94. The maximum atomic E-state index is 12.1. The second-order valence-electron chi connectivity index (χ2n) is 5.64. The number of rotatable bonds is 10. The Morgan fingerprint density at radius 1 is 0.897 bits per heavy atom. The monoisotopic (exact) mass is 452 g/mol. The van der Waals surface area contributed by atoms with E-state index in [1.165, 1.54) is 30.3 Å². The predicted octanol–water partition coefficient (Wildman–Crippen LogP) is 4.63. The van der Waals surface area contributed by atoms with Crippen LogP contribution in [0.15, 0.2) is 54.6 Å². The summed E-state index contributed by atoms with van der Waals surface area (Å²) in [6.07, 6.45) is 10.6. The molecule has 29 heavy (non-hydrogen) atoms. The van der Waals surface area contributed by atoms with Crippen LogP contribution in [0.5, 0.6) is 17.2 Å². The summed E-state index contributed by atoms with van der Waals surface area (Å²) >= 11 is 2.30. The fourth-order valence-electron chi connectivity index (χ4n) is 2.19. The van der Waals surface area contributed by atoms with Crippen molar-refractivity contribution in [1.29, 1.82) is 0 Å². The highest BCUT2D eigenvalue weighted by atomic mass is 32.2. The molecule has 154 valence electrons. The van der Waals surface area contributed by atoms with E-state index in [0.717, 1.165) is 23.9 Å². The maximum Gasteiger partial charge on any atom is 0.306 e. The molecule has 2 aromatic rings. The van der Waals surface area contributed by atoms with Crippen LogP contribution >= 0.6 is 24.1 Å². The van der Waals surface area contributed by atoms with Gasteiger partial charge in [-0.25, -0.2) is 0 Å². The number of ketones is 1. The number of carbonyl (C=O) groups excluding carboxylic acids is 1. The number of carbonyl (C=O) groups is 1. The Morgan fingerprint density at radius 2 is 1.55 bits per heavy atom. The lowest BCUT2D eigenvalue weighted by atomic mass is 10.1. The van der Waals surface area contributed by atoms with E-state index < -0.39 is 10.1 Å². The maximum absolute atomic E-state index is 12.1. The summed E-state index contributed by atoms with van der Waals surface area (Å²) in [7, 11) is -3.68. The van der Waals surface area contributed by atoms with Crippen molar-refractivity contribution < 1.29 is 25.8 Å². The molecule has 0 unspecified atom stereocenters. The van der Waals surface area contributed by atoms with Crippen molar-refractivity contribution in [2.24, 2.45) is 0 Å². The Morgan fingerprint density at radius 3 is 2.17 bits per heavy atom. The van der Waals surface area contributed by atoms with Crippen LogP contribution in [0.2, 0.25) is 0 Å². The molecule has 2 rings (SSSR count). The molecule has 0 spiro atoms. The molecule has 0 aliphatic carbocycles. The van der Waals surface area contributed by atoms with Gasteiger partial charge in [-0.1, -0.05) is 30.4 Å². The highest BCUT2D eigenvalue weighted by Crippen LogP contribution is 2.32. The van der Waals surface area contributed by atoms with E-state index in [-0.39, 0.29) is 17.3 Å². The SMILES string of the molecule is CSOc1cccc(/C=C/C(=O)/C=C/c2ccc(OS(C)(=O)=O)c(OSC)c2)c1. The van der Waals surface area contributed by atoms with Gasteiger partial charge in [0.05, 0.1) is 30.3 Å². The minimum atomic E-state index is -3.68. The summed E-state index contributed by atoms with van der Waals surface area (Å²) in [5.74, 6) is 0.835. The first-order chi connectivity index (χ1) is 13.8.